The molecule has 1 rings (SSSR count). The summed E-state index contributed by atoms with van der Waals surface area (Å²) in [5.74, 6) is -0.565. The number of pyridine rings is 1. The third-order valence-corrected chi connectivity index (χ3v) is 2.32. The normalized spacial score (nSPS) is 11.7. The minimum atomic E-state index is -1.29. The molecule has 1 unspecified atom stereocenters. The van der Waals surface area contributed by atoms with Gasteiger partial charge in [0, 0.05) is 4.47 Å². The van der Waals surface area contributed by atoms with Gasteiger partial charge < -0.3 is 10.4 Å². The van der Waals surface area contributed by atoms with Crippen LogP contribution >= 0.6 is 15.9 Å². The van der Waals surface area contributed by atoms with Crippen LogP contribution in [0.4, 0.5) is 15.0 Å². The maximum absolute atomic E-state index is 12.3. The molecule has 0 aromatic carbocycles. The number of rotatable bonds is 4. The fraction of sp³-hybridized carbons (Fsp3) is 0.300. The van der Waals surface area contributed by atoms with Crippen molar-refractivity contribution < 1.29 is 19.1 Å². The highest BCUT2D eigenvalue weighted by molar-refractivity contribution is 9.10. The van der Waals surface area contributed by atoms with E-state index >= 15 is 0 Å². The lowest BCUT2D eigenvalue weighted by atomic mass is 10.3. The number of halogens is 2. The van der Waals surface area contributed by atoms with Gasteiger partial charge in [0.15, 0.2) is 0 Å². The molecule has 18 heavy (non-hydrogen) atoms. The minimum absolute atomic E-state index is 0.00609. The first kappa shape index (κ1) is 14.4. The van der Waals surface area contributed by atoms with Gasteiger partial charge in [-0.2, -0.15) is 0 Å². The summed E-state index contributed by atoms with van der Waals surface area (Å²) in [5, 5.41) is 13.0. The molecule has 98 valence electrons. The van der Waals surface area contributed by atoms with Crippen molar-refractivity contribution >= 4 is 33.7 Å². The van der Waals surface area contributed by atoms with Gasteiger partial charge in [-0.05, 0) is 19.1 Å². The Bertz CT molecular complexity index is 470. The van der Waals surface area contributed by atoms with Crippen molar-refractivity contribution in [2.45, 2.75) is 13.0 Å². The summed E-state index contributed by atoms with van der Waals surface area (Å²) < 4.78 is 12.7. The Morgan fingerprint density at radius 2 is 2.22 bits per heavy atom. The molecule has 0 aliphatic rings. The Morgan fingerprint density at radius 3 is 2.78 bits per heavy atom. The van der Waals surface area contributed by atoms with Crippen molar-refractivity contribution in [3.8, 4) is 0 Å². The lowest BCUT2D eigenvalue weighted by molar-refractivity contribution is 0.0929. The van der Waals surface area contributed by atoms with Gasteiger partial charge in [0.1, 0.15) is 18.2 Å². The van der Waals surface area contributed by atoms with E-state index in [2.05, 4.69) is 26.2 Å². The van der Waals surface area contributed by atoms with Crippen molar-refractivity contribution in [2.75, 3.05) is 12.0 Å². The quantitative estimate of drug-likeness (QED) is 0.791. The molecule has 0 saturated heterocycles. The van der Waals surface area contributed by atoms with Gasteiger partial charge in [0.2, 0.25) is 0 Å². The summed E-state index contributed by atoms with van der Waals surface area (Å²) in [6.45, 7) is 0.812. The predicted molar refractivity (Wildman–Crippen MR) is 66.5 cm³/mol. The highest BCUT2D eigenvalue weighted by Gasteiger charge is 2.13. The summed E-state index contributed by atoms with van der Waals surface area (Å²) in [5.41, 5.74) is -0.00609. The fourth-order valence-electron chi connectivity index (χ4n) is 1.12. The van der Waals surface area contributed by atoms with E-state index in [1.54, 1.807) is 0 Å². The molecule has 0 bridgehead atoms. The predicted octanol–water partition coefficient (Wildman–Crippen LogP) is 2.02. The van der Waals surface area contributed by atoms with Gasteiger partial charge in [-0.1, -0.05) is 15.9 Å². The number of amides is 2. The third-order valence-electron chi connectivity index (χ3n) is 1.87. The van der Waals surface area contributed by atoms with E-state index < -0.39 is 24.7 Å². The maximum Gasteiger partial charge on any atom is 0.410 e. The lowest BCUT2D eigenvalue weighted by Gasteiger charge is -2.10. The van der Waals surface area contributed by atoms with E-state index in [0.717, 1.165) is 0 Å². The van der Waals surface area contributed by atoms with Gasteiger partial charge in [-0.3, -0.25) is 10.1 Å². The second-order valence-corrected chi connectivity index (χ2v) is 4.43. The monoisotopic (exact) mass is 319 g/mol. The molecular weight excluding hydrogens is 309 g/mol. The first-order valence-electron chi connectivity index (χ1n) is 4.96. The average Bonchev–Trinajstić information content (AvgIpc) is 2.26. The zero-order chi connectivity index (χ0) is 13.7. The highest BCUT2D eigenvalue weighted by atomic mass is 79.9. The topological polar surface area (TPSA) is 91.3 Å². The van der Waals surface area contributed by atoms with Crippen LogP contribution in [0.3, 0.4) is 0 Å². The molecule has 6 nitrogen and oxygen atoms in total. The summed E-state index contributed by atoms with van der Waals surface area (Å²) in [6, 6.07) is 2.19. The van der Waals surface area contributed by atoms with Crippen molar-refractivity contribution in [1.82, 2.24) is 10.3 Å². The zero-order valence-corrected chi connectivity index (χ0v) is 11.0. The maximum atomic E-state index is 12.3. The number of carboxylic acid groups (broad SMARTS) is 1. The second-order valence-electron chi connectivity index (χ2n) is 3.51. The number of aromatic nitrogens is 1. The molecule has 2 amide bonds. The van der Waals surface area contributed by atoms with Crippen LogP contribution in [0.15, 0.2) is 16.6 Å². The van der Waals surface area contributed by atoms with Gasteiger partial charge in [-0.15, -0.1) is 0 Å². The molecule has 0 spiro atoms. The van der Waals surface area contributed by atoms with Gasteiger partial charge in [-0.25, -0.2) is 14.2 Å². The number of nitrogens with zero attached hydrogens (tertiary/aromatic N) is 1. The Kier molecular flexibility index (Phi) is 5.02. The Hall–Kier alpha value is -1.70. The molecular formula is C10H11BrFN3O3. The number of anilines is 1. The first-order chi connectivity index (χ1) is 8.42. The standard InChI is InChI=1S/C10H11BrFN3O3/c1-5(4-12)13-9(16)7-2-6(11)3-8(14-7)15-10(17)18/h2-3,5H,4H2,1H3,(H,13,16)(H,14,15)(H,17,18). The number of hydrogen-bond acceptors (Lipinski definition) is 3. The van der Waals surface area contributed by atoms with E-state index in [0.29, 0.717) is 4.47 Å². The van der Waals surface area contributed by atoms with Gasteiger partial charge >= 0.3 is 6.09 Å². The highest BCUT2D eigenvalue weighted by Crippen LogP contribution is 2.16. The molecule has 0 fully saturated rings. The smallest absolute Gasteiger partial charge is 0.410 e. The number of nitrogens with one attached hydrogen (secondary N) is 2. The van der Waals surface area contributed by atoms with Crippen molar-refractivity contribution in [3.63, 3.8) is 0 Å². The number of alkyl halides is 1. The van der Waals surface area contributed by atoms with Crippen LogP contribution in [0.1, 0.15) is 17.4 Å². The SMILES string of the molecule is CC(CF)NC(=O)c1cc(Br)cc(NC(=O)O)n1. The van der Waals surface area contributed by atoms with E-state index in [1.165, 1.54) is 19.1 Å². The molecule has 1 aromatic heterocycles. The average molecular weight is 320 g/mol. The Labute approximate surface area is 111 Å². The minimum Gasteiger partial charge on any atom is -0.465 e. The molecule has 0 aliphatic carbocycles. The van der Waals surface area contributed by atoms with Crippen LogP contribution in [-0.2, 0) is 0 Å². The molecule has 0 aliphatic heterocycles. The molecule has 3 N–H and O–H groups in total. The van der Waals surface area contributed by atoms with Crippen molar-refractivity contribution in [3.05, 3.63) is 22.3 Å². The molecule has 1 atom stereocenters. The fourth-order valence-corrected chi connectivity index (χ4v) is 1.56. The van der Waals surface area contributed by atoms with Crippen LogP contribution < -0.4 is 10.6 Å². The first-order valence-corrected chi connectivity index (χ1v) is 5.76. The number of carbonyl (C=O) groups is 2. The van der Waals surface area contributed by atoms with E-state index in [4.69, 9.17) is 5.11 Å². The van der Waals surface area contributed by atoms with Crippen LogP contribution in [0.25, 0.3) is 0 Å². The summed E-state index contributed by atoms with van der Waals surface area (Å²) in [4.78, 5) is 25.9. The molecule has 0 radical (unpaired) electrons. The van der Waals surface area contributed by atoms with E-state index in [9.17, 15) is 14.0 Å². The summed E-state index contributed by atoms with van der Waals surface area (Å²) >= 11 is 3.13. The lowest BCUT2D eigenvalue weighted by Crippen LogP contribution is -2.34. The second kappa shape index (κ2) is 6.29. The Balaban J connectivity index is 2.91. The number of hydrogen-bond donors (Lipinski definition) is 3. The van der Waals surface area contributed by atoms with Crippen molar-refractivity contribution in [1.29, 1.82) is 0 Å². The van der Waals surface area contributed by atoms with Crippen molar-refractivity contribution in [2.24, 2.45) is 0 Å². The van der Waals surface area contributed by atoms with Crippen LogP contribution in [0, 0.1) is 0 Å². The summed E-state index contributed by atoms with van der Waals surface area (Å²) in [7, 11) is 0. The van der Waals surface area contributed by atoms with Crippen LogP contribution in [0.2, 0.25) is 0 Å². The van der Waals surface area contributed by atoms with Gasteiger partial charge in [0.25, 0.3) is 5.91 Å². The largest absolute Gasteiger partial charge is 0.465 e. The molecule has 1 aromatic rings. The Morgan fingerprint density at radius 1 is 1.56 bits per heavy atom. The third kappa shape index (κ3) is 4.28. The van der Waals surface area contributed by atoms with Crippen LogP contribution in [-0.4, -0.2) is 34.8 Å². The molecule has 8 heteroatoms. The zero-order valence-electron chi connectivity index (χ0n) is 9.41. The van der Waals surface area contributed by atoms with E-state index in [1.807, 2.05) is 5.32 Å². The van der Waals surface area contributed by atoms with Crippen LogP contribution in [0.5, 0.6) is 0 Å². The molecule has 1 heterocycles. The number of carbonyl (C=O) groups excluding carboxylic acids is 1. The van der Waals surface area contributed by atoms with E-state index in [-0.39, 0.29) is 11.5 Å². The summed E-state index contributed by atoms with van der Waals surface area (Å²) in [6.07, 6.45) is -1.29. The molecule has 0 saturated carbocycles. The van der Waals surface area contributed by atoms with Gasteiger partial charge in [0.05, 0.1) is 6.04 Å².